The van der Waals surface area contributed by atoms with Gasteiger partial charge in [0.2, 0.25) is 5.91 Å². The van der Waals surface area contributed by atoms with E-state index in [4.69, 9.17) is 23.2 Å². The number of nitrogens with one attached hydrogen (secondary N) is 3. The van der Waals surface area contributed by atoms with Crippen molar-refractivity contribution in [3.63, 3.8) is 0 Å². The molecule has 0 saturated carbocycles. The number of hydrogen-bond acceptors (Lipinski definition) is 5. The lowest BCUT2D eigenvalue weighted by Gasteiger charge is -2.34. The summed E-state index contributed by atoms with van der Waals surface area (Å²) in [5, 5.41) is 12.5. The largest absolute Gasteiger partial charge is 0.355 e. The van der Waals surface area contributed by atoms with Crippen molar-refractivity contribution < 1.29 is 4.79 Å². The second kappa shape index (κ2) is 13.2. The van der Waals surface area contributed by atoms with E-state index in [1.807, 2.05) is 18.2 Å². The lowest BCUT2D eigenvalue weighted by Crippen LogP contribution is -2.55. The minimum absolute atomic E-state index is 0.0792. The number of piperazine rings is 2. The fourth-order valence-corrected chi connectivity index (χ4v) is 7.76. The molecule has 3 fully saturated rings. The van der Waals surface area contributed by atoms with Gasteiger partial charge in [0.15, 0.2) is 0 Å². The first-order chi connectivity index (χ1) is 21.5. The van der Waals surface area contributed by atoms with E-state index in [9.17, 15) is 4.79 Å². The maximum atomic E-state index is 12.5. The SMILES string of the molecule is O=C(NCCCn1cc(-c2ccccc2)c2cc(CN3CC4CC3CN4Cc3c(Cl)cccc3Cl)ccc21)C1CNCCN1. The third-order valence-corrected chi connectivity index (χ3v) is 10.2. The van der Waals surface area contributed by atoms with Crippen LogP contribution in [0.25, 0.3) is 22.0 Å². The Bertz CT molecular complexity index is 1600. The third-order valence-electron chi connectivity index (χ3n) is 9.54. The number of aryl methyl sites for hydroxylation is 1. The van der Waals surface area contributed by atoms with E-state index in [2.05, 4.69) is 85.0 Å². The summed E-state index contributed by atoms with van der Waals surface area (Å²) in [4.78, 5) is 17.7. The summed E-state index contributed by atoms with van der Waals surface area (Å²) in [5.74, 6) is 0.0792. The van der Waals surface area contributed by atoms with Gasteiger partial charge in [0, 0.05) is 109 Å². The normalized spacial score (nSPS) is 22.2. The Labute approximate surface area is 269 Å². The molecule has 1 aromatic heterocycles. The van der Waals surface area contributed by atoms with Gasteiger partial charge in [0.05, 0.1) is 6.04 Å². The fraction of sp³-hybridized carbons (Fsp3) is 0.400. The fourth-order valence-electron chi connectivity index (χ4n) is 7.24. The predicted molar refractivity (Wildman–Crippen MR) is 179 cm³/mol. The van der Waals surface area contributed by atoms with E-state index >= 15 is 0 Å². The van der Waals surface area contributed by atoms with Crippen molar-refractivity contribution in [1.82, 2.24) is 30.3 Å². The Morgan fingerprint density at radius 1 is 0.909 bits per heavy atom. The van der Waals surface area contributed by atoms with Gasteiger partial charge in [-0.15, -0.1) is 0 Å². The first kappa shape index (κ1) is 29.8. The molecule has 3 aromatic carbocycles. The average molecular weight is 632 g/mol. The number of hydrogen-bond donors (Lipinski definition) is 3. The summed E-state index contributed by atoms with van der Waals surface area (Å²) in [6, 6.07) is 24.3. The summed E-state index contributed by atoms with van der Waals surface area (Å²) in [6.45, 7) is 7.80. The molecular formula is C35H40Cl2N6O. The lowest BCUT2D eigenvalue weighted by atomic mass is 10.0. The van der Waals surface area contributed by atoms with Gasteiger partial charge >= 0.3 is 0 Å². The van der Waals surface area contributed by atoms with Crippen LogP contribution in [0.3, 0.4) is 0 Å². The molecule has 4 aromatic rings. The first-order valence-corrected chi connectivity index (χ1v) is 16.6. The molecule has 3 aliphatic rings. The second-order valence-corrected chi connectivity index (χ2v) is 13.2. The molecule has 7 nitrogen and oxygen atoms in total. The van der Waals surface area contributed by atoms with Gasteiger partial charge in [0.25, 0.3) is 0 Å². The summed E-state index contributed by atoms with van der Waals surface area (Å²) in [6.07, 6.45) is 4.35. The molecule has 3 atom stereocenters. The highest BCUT2D eigenvalue weighted by molar-refractivity contribution is 6.36. The van der Waals surface area contributed by atoms with Crippen LogP contribution in [0.5, 0.6) is 0 Å². The Balaban J connectivity index is 1.03. The maximum Gasteiger partial charge on any atom is 0.238 e. The second-order valence-electron chi connectivity index (χ2n) is 12.4. The van der Waals surface area contributed by atoms with Crippen molar-refractivity contribution in [1.29, 1.82) is 0 Å². The molecule has 7 rings (SSSR count). The third kappa shape index (κ3) is 6.27. The molecular weight excluding hydrogens is 591 g/mol. The lowest BCUT2D eigenvalue weighted by molar-refractivity contribution is -0.123. The smallest absolute Gasteiger partial charge is 0.238 e. The number of nitrogens with zero attached hydrogens (tertiary/aromatic N) is 3. The molecule has 3 aliphatic heterocycles. The van der Waals surface area contributed by atoms with Gasteiger partial charge < -0.3 is 20.5 Å². The van der Waals surface area contributed by atoms with Crippen LogP contribution >= 0.6 is 23.2 Å². The molecule has 9 heteroatoms. The van der Waals surface area contributed by atoms with Crippen molar-refractivity contribution >= 4 is 40.0 Å². The zero-order valence-electron chi connectivity index (χ0n) is 24.9. The number of aromatic nitrogens is 1. The average Bonchev–Trinajstić information content (AvgIpc) is 3.74. The molecule has 44 heavy (non-hydrogen) atoms. The molecule has 0 radical (unpaired) electrons. The van der Waals surface area contributed by atoms with Crippen molar-refractivity contribution in [2.45, 2.75) is 50.6 Å². The van der Waals surface area contributed by atoms with Crippen molar-refractivity contribution in [2.24, 2.45) is 0 Å². The highest BCUT2D eigenvalue weighted by Gasteiger charge is 2.43. The quantitative estimate of drug-likeness (QED) is 0.212. The van der Waals surface area contributed by atoms with Gasteiger partial charge in [0.1, 0.15) is 0 Å². The van der Waals surface area contributed by atoms with Crippen LogP contribution in [0.15, 0.2) is 72.9 Å². The summed E-state index contributed by atoms with van der Waals surface area (Å²) in [7, 11) is 0. The number of fused-ring (bicyclic) bond motifs is 3. The molecule has 0 spiro atoms. The van der Waals surface area contributed by atoms with Gasteiger partial charge in [-0.2, -0.15) is 0 Å². The Hall–Kier alpha value is -2.91. The van der Waals surface area contributed by atoms with Crippen LogP contribution in [0.1, 0.15) is 24.0 Å². The van der Waals surface area contributed by atoms with E-state index in [0.29, 0.717) is 25.2 Å². The van der Waals surface area contributed by atoms with Gasteiger partial charge in [-0.1, -0.05) is 65.7 Å². The number of benzene rings is 3. The van der Waals surface area contributed by atoms with Crippen LogP contribution in [0.2, 0.25) is 10.0 Å². The van der Waals surface area contributed by atoms with Crippen LogP contribution in [-0.2, 0) is 24.4 Å². The first-order valence-electron chi connectivity index (χ1n) is 15.8. The van der Waals surface area contributed by atoms with E-state index in [1.165, 1.54) is 34.0 Å². The molecule has 2 bridgehead atoms. The Morgan fingerprint density at radius 3 is 2.41 bits per heavy atom. The molecule has 1 amide bonds. The van der Waals surface area contributed by atoms with Crippen molar-refractivity contribution in [2.75, 3.05) is 39.3 Å². The molecule has 3 unspecified atom stereocenters. The van der Waals surface area contributed by atoms with E-state index in [0.717, 1.165) is 67.8 Å². The molecule has 3 N–H and O–H groups in total. The van der Waals surface area contributed by atoms with Crippen molar-refractivity contribution in [3.8, 4) is 11.1 Å². The number of amides is 1. The zero-order valence-corrected chi connectivity index (χ0v) is 26.5. The zero-order chi connectivity index (χ0) is 30.0. The molecule has 0 aliphatic carbocycles. The molecule has 3 saturated heterocycles. The van der Waals surface area contributed by atoms with E-state index in [1.54, 1.807) is 0 Å². The summed E-state index contributed by atoms with van der Waals surface area (Å²) >= 11 is 13.0. The molecule has 4 heterocycles. The molecule has 230 valence electrons. The van der Waals surface area contributed by atoms with Crippen LogP contribution in [-0.4, -0.2) is 77.7 Å². The summed E-state index contributed by atoms with van der Waals surface area (Å²) < 4.78 is 2.35. The minimum Gasteiger partial charge on any atom is -0.355 e. The standard InChI is InChI=1S/C35H40Cl2N6O/c36-31-8-4-9-32(37)30(31)23-43-21-26-17-27(43)20-42(26)19-24-10-11-34-28(16-24)29(25-6-2-1-3-7-25)22-41(34)15-5-12-40-35(44)33-18-38-13-14-39-33/h1-4,6-11,16,22,26-27,33,38-39H,5,12-15,17-21,23H2,(H,40,44). The van der Waals surface area contributed by atoms with E-state index in [-0.39, 0.29) is 11.9 Å². The Kier molecular flexibility index (Phi) is 8.94. The monoisotopic (exact) mass is 630 g/mol. The Morgan fingerprint density at radius 2 is 1.68 bits per heavy atom. The highest BCUT2D eigenvalue weighted by Crippen LogP contribution is 2.37. The van der Waals surface area contributed by atoms with Crippen LogP contribution < -0.4 is 16.0 Å². The van der Waals surface area contributed by atoms with Gasteiger partial charge in [-0.05, 0) is 48.2 Å². The number of rotatable bonds is 10. The summed E-state index contributed by atoms with van der Waals surface area (Å²) in [5.41, 5.74) is 6.12. The minimum atomic E-state index is -0.144. The maximum absolute atomic E-state index is 12.5. The van der Waals surface area contributed by atoms with Crippen LogP contribution in [0, 0.1) is 0 Å². The number of carbonyl (C=O) groups is 1. The van der Waals surface area contributed by atoms with E-state index < -0.39 is 0 Å². The highest BCUT2D eigenvalue weighted by atomic mass is 35.5. The number of carbonyl (C=O) groups excluding carboxylic acids is 1. The topological polar surface area (TPSA) is 64.6 Å². The number of halogens is 2. The predicted octanol–water partition coefficient (Wildman–Crippen LogP) is 5.14. The van der Waals surface area contributed by atoms with Gasteiger partial charge in [-0.25, -0.2) is 0 Å². The number of likely N-dealkylation sites (tertiary alicyclic amines) is 2. The van der Waals surface area contributed by atoms with Crippen molar-refractivity contribution in [3.05, 3.63) is 94.1 Å². The van der Waals surface area contributed by atoms with Crippen LogP contribution in [0.4, 0.5) is 0 Å². The van der Waals surface area contributed by atoms with Gasteiger partial charge in [-0.3, -0.25) is 14.6 Å².